The smallest absolute Gasteiger partial charge is 0.336 e. The van der Waals surface area contributed by atoms with Crippen LogP contribution in [-0.4, -0.2) is 43.0 Å². The van der Waals surface area contributed by atoms with Gasteiger partial charge in [0.15, 0.2) is 0 Å². The molecule has 0 aliphatic rings. The van der Waals surface area contributed by atoms with Gasteiger partial charge in [-0.2, -0.15) is 0 Å². The van der Waals surface area contributed by atoms with E-state index < -0.39 is 15.8 Å². The van der Waals surface area contributed by atoms with Gasteiger partial charge in [0.05, 0.1) is 16.8 Å². The second kappa shape index (κ2) is 5.46. The molecule has 2 N–H and O–H groups in total. The van der Waals surface area contributed by atoms with Crippen molar-refractivity contribution < 1.29 is 18.3 Å². The lowest BCUT2D eigenvalue weighted by atomic mass is 10.1. The van der Waals surface area contributed by atoms with E-state index in [0.29, 0.717) is 16.7 Å². The number of fused-ring (bicyclic) bond motifs is 1. The summed E-state index contributed by atoms with van der Waals surface area (Å²) in [5.41, 5.74) is 0.687. The van der Waals surface area contributed by atoms with E-state index in [9.17, 15) is 18.3 Å². The SMILES string of the molecule is CS(=O)(=O)CCNc1cc(C(=O)O)c2ccccc2n1. The Morgan fingerprint density at radius 1 is 1.35 bits per heavy atom. The lowest BCUT2D eigenvalue weighted by Gasteiger charge is -2.08. The number of benzene rings is 1. The van der Waals surface area contributed by atoms with Crippen LogP contribution in [0.5, 0.6) is 0 Å². The van der Waals surface area contributed by atoms with Crippen molar-refractivity contribution >= 4 is 32.5 Å². The molecule has 0 atom stereocenters. The molecule has 2 aromatic rings. The Bertz CT molecular complexity index is 756. The van der Waals surface area contributed by atoms with Gasteiger partial charge in [-0.1, -0.05) is 18.2 Å². The average molecular weight is 294 g/mol. The minimum absolute atomic E-state index is 0.0378. The molecule has 0 aliphatic heterocycles. The molecular formula is C13H14N2O4S. The molecule has 0 amide bonds. The molecule has 2 rings (SSSR count). The molecule has 1 aromatic carbocycles. The zero-order valence-electron chi connectivity index (χ0n) is 10.8. The van der Waals surface area contributed by atoms with Gasteiger partial charge in [-0.25, -0.2) is 18.2 Å². The van der Waals surface area contributed by atoms with Gasteiger partial charge in [-0.15, -0.1) is 0 Å². The summed E-state index contributed by atoms with van der Waals surface area (Å²) in [6.45, 7) is 0.184. The number of para-hydroxylation sites is 1. The Morgan fingerprint density at radius 2 is 2.05 bits per heavy atom. The topological polar surface area (TPSA) is 96.4 Å². The van der Waals surface area contributed by atoms with Crippen molar-refractivity contribution in [1.29, 1.82) is 0 Å². The predicted octanol–water partition coefficient (Wildman–Crippen LogP) is 1.39. The standard InChI is InChI=1S/C13H14N2O4S/c1-20(18,19)7-6-14-12-8-10(13(16)17)9-4-2-3-5-11(9)15-12/h2-5,8H,6-7H2,1H3,(H,14,15)(H,16,17). The van der Waals surface area contributed by atoms with Gasteiger partial charge in [0.25, 0.3) is 0 Å². The van der Waals surface area contributed by atoms with E-state index in [2.05, 4.69) is 10.3 Å². The minimum atomic E-state index is -3.07. The highest BCUT2D eigenvalue weighted by Crippen LogP contribution is 2.20. The van der Waals surface area contributed by atoms with Crippen LogP contribution in [-0.2, 0) is 9.84 Å². The summed E-state index contributed by atoms with van der Waals surface area (Å²) < 4.78 is 22.1. The number of nitrogens with zero attached hydrogens (tertiary/aromatic N) is 1. The maximum absolute atomic E-state index is 11.2. The number of sulfone groups is 1. The van der Waals surface area contributed by atoms with Crippen LogP contribution in [0.15, 0.2) is 30.3 Å². The van der Waals surface area contributed by atoms with Crippen molar-refractivity contribution in [2.45, 2.75) is 0 Å². The van der Waals surface area contributed by atoms with Gasteiger partial charge in [0.1, 0.15) is 15.7 Å². The van der Waals surface area contributed by atoms with Crippen molar-refractivity contribution in [3.05, 3.63) is 35.9 Å². The Morgan fingerprint density at radius 3 is 2.70 bits per heavy atom. The quantitative estimate of drug-likeness (QED) is 0.865. The molecule has 0 spiro atoms. The fraction of sp³-hybridized carbons (Fsp3) is 0.231. The maximum atomic E-state index is 11.2. The number of nitrogens with one attached hydrogen (secondary N) is 1. The third-order valence-corrected chi connectivity index (χ3v) is 3.67. The van der Waals surface area contributed by atoms with E-state index in [1.54, 1.807) is 24.3 Å². The molecule has 0 saturated carbocycles. The van der Waals surface area contributed by atoms with E-state index >= 15 is 0 Å². The number of carboxylic acid groups (broad SMARTS) is 1. The van der Waals surface area contributed by atoms with E-state index in [1.807, 2.05) is 0 Å². The number of hydrogen-bond donors (Lipinski definition) is 2. The summed E-state index contributed by atoms with van der Waals surface area (Å²) in [5.74, 6) is -0.733. The summed E-state index contributed by atoms with van der Waals surface area (Å²) >= 11 is 0. The Hall–Kier alpha value is -2.15. The fourth-order valence-electron chi connectivity index (χ4n) is 1.81. The highest BCUT2D eigenvalue weighted by Gasteiger charge is 2.11. The van der Waals surface area contributed by atoms with Crippen molar-refractivity contribution in [3.63, 3.8) is 0 Å². The number of anilines is 1. The molecule has 7 heteroatoms. The van der Waals surface area contributed by atoms with Gasteiger partial charge in [-0.05, 0) is 12.1 Å². The monoisotopic (exact) mass is 294 g/mol. The molecule has 0 aliphatic carbocycles. The maximum Gasteiger partial charge on any atom is 0.336 e. The zero-order valence-corrected chi connectivity index (χ0v) is 11.6. The highest BCUT2D eigenvalue weighted by atomic mass is 32.2. The second-order valence-corrected chi connectivity index (χ2v) is 6.69. The van der Waals surface area contributed by atoms with E-state index in [-0.39, 0.29) is 17.9 Å². The van der Waals surface area contributed by atoms with Crippen LogP contribution in [0.25, 0.3) is 10.9 Å². The number of aromatic carboxylic acids is 1. The average Bonchev–Trinajstić information content (AvgIpc) is 2.36. The predicted molar refractivity (Wildman–Crippen MR) is 76.9 cm³/mol. The molecule has 0 fully saturated rings. The van der Waals surface area contributed by atoms with Gasteiger partial charge in [-0.3, -0.25) is 0 Å². The largest absolute Gasteiger partial charge is 0.478 e. The summed E-state index contributed by atoms with van der Waals surface area (Å²) in [7, 11) is -3.07. The number of aromatic nitrogens is 1. The first-order valence-corrected chi connectivity index (χ1v) is 7.97. The first-order valence-electron chi connectivity index (χ1n) is 5.91. The highest BCUT2D eigenvalue weighted by molar-refractivity contribution is 7.90. The van der Waals surface area contributed by atoms with Gasteiger partial charge in [0, 0.05) is 18.2 Å². The summed E-state index contributed by atoms with van der Waals surface area (Å²) in [4.78, 5) is 15.5. The molecule has 0 bridgehead atoms. The molecule has 1 heterocycles. The third-order valence-electron chi connectivity index (χ3n) is 2.73. The third kappa shape index (κ3) is 3.45. The lowest BCUT2D eigenvalue weighted by molar-refractivity contribution is 0.0699. The molecule has 1 aromatic heterocycles. The molecular weight excluding hydrogens is 280 g/mol. The molecule has 0 radical (unpaired) electrons. The first-order chi connectivity index (χ1) is 9.37. The van der Waals surface area contributed by atoms with Crippen LogP contribution in [0, 0.1) is 0 Å². The number of carboxylic acids is 1. The van der Waals surface area contributed by atoms with Gasteiger partial charge < -0.3 is 10.4 Å². The molecule has 6 nitrogen and oxygen atoms in total. The van der Waals surface area contributed by atoms with Crippen molar-refractivity contribution in [1.82, 2.24) is 4.98 Å². The molecule has 20 heavy (non-hydrogen) atoms. The molecule has 0 unspecified atom stereocenters. The number of hydrogen-bond acceptors (Lipinski definition) is 5. The van der Waals surface area contributed by atoms with Crippen LogP contribution in [0.2, 0.25) is 0 Å². The summed E-state index contributed by atoms with van der Waals surface area (Å²) in [6.07, 6.45) is 1.14. The summed E-state index contributed by atoms with van der Waals surface area (Å²) in [6, 6.07) is 8.32. The Kier molecular flexibility index (Phi) is 3.89. The van der Waals surface area contributed by atoms with E-state index in [0.717, 1.165) is 6.26 Å². The Balaban J connectivity index is 2.33. The fourth-order valence-corrected chi connectivity index (χ4v) is 2.28. The van der Waals surface area contributed by atoms with Crippen LogP contribution in [0.1, 0.15) is 10.4 Å². The summed E-state index contributed by atoms with van der Waals surface area (Å²) in [5, 5.41) is 12.6. The van der Waals surface area contributed by atoms with Gasteiger partial charge in [0.2, 0.25) is 0 Å². The van der Waals surface area contributed by atoms with Crippen LogP contribution in [0.4, 0.5) is 5.82 Å². The normalized spacial score (nSPS) is 11.4. The van der Waals surface area contributed by atoms with Crippen LogP contribution >= 0.6 is 0 Å². The van der Waals surface area contributed by atoms with Crippen LogP contribution in [0.3, 0.4) is 0 Å². The number of rotatable bonds is 5. The number of pyridine rings is 1. The van der Waals surface area contributed by atoms with Gasteiger partial charge >= 0.3 is 5.97 Å². The van der Waals surface area contributed by atoms with Crippen molar-refractivity contribution in [3.8, 4) is 0 Å². The van der Waals surface area contributed by atoms with E-state index in [1.165, 1.54) is 6.07 Å². The molecule has 106 valence electrons. The first kappa shape index (κ1) is 14.3. The zero-order chi connectivity index (χ0) is 14.8. The van der Waals surface area contributed by atoms with E-state index in [4.69, 9.17) is 0 Å². The molecule has 0 saturated heterocycles. The van der Waals surface area contributed by atoms with Crippen molar-refractivity contribution in [2.75, 3.05) is 23.9 Å². The van der Waals surface area contributed by atoms with Crippen LogP contribution < -0.4 is 5.32 Å². The second-order valence-electron chi connectivity index (χ2n) is 4.43. The Labute approximate surface area is 116 Å². The number of carbonyl (C=O) groups is 1. The van der Waals surface area contributed by atoms with Crippen molar-refractivity contribution in [2.24, 2.45) is 0 Å². The minimum Gasteiger partial charge on any atom is -0.478 e. The lowest BCUT2D eigenvalue weighted by Crippen LogP contribution is -2.15.